The van der Waals surface area contributed by atoms with Gasteiger partial charge in [-0.1, -0.05) is 18.2 Å². The first-order valence-corrected chi connectivity index (χ1v) is 14.1. The van der Waals surface area contributed by atoms with Gasteiger partial charge < -0.3 is 20.2 Å². The minimum absolute atomic E-state index is 0.0539. The topological polar surface area (TPSA) is 97.2 Å². The lowest BCUT2D eigenvalue weighted by Gasteiger charge is -2.41. The summed E-state index contributed by atoms with van der Waals surface area (Å²) in [6, 6.07) is 9.06. The van der Waals surface area contributed by atoms with Crippen molar-refractivity contribution in [3.8, 4) is 0 Å². The molecule has 1 unspecified atom stereocenters. The van der Waals surface area contributed by atoms with Crippen LogP contribution in [0.3, 0.4) is 0 Å². The molecule has 208 valence electrons. The van der Waals surface area contributed by atoms with Gasteiger partial charge in [0.1, 0.15) is 0 Å². The zero-order chi connectivity index (χ0) is 27.0. The second-order valence-electron chi connectivity index (χ2n) is 11.7. The van der Waals surface area contributed by atoms with E-state index >= 15 is 0 Å². The number of aromatic nitrogens is 2. The fourth-order valence-electron chi connectivity index (χ4n) is 6.60. The highest BCUT2D eigenvalue weighted by Crippen LogP contribution is 2.36. The first kappa shape index (κ1) is 26.9. The summed E-state index contributed by atoms with van der Waals surface area (Å²) in [6.07, 6.45) is 3.61. The molecule has 10 nitrogen and oxygen atoms in total. The minimum atomic E-state index is -0.424. The molecule has 3 amide bonds. The van der Waals surface area contributed by atoms with E-state index in [1.165, 1.54) is 0 Å². The molecule has 1 aromatic carbocycles. The number of benzene rings is 1. The number of para-hydroxylation sites is 1. The number of aliphatic hydroxyl groups excluding tert-OH is 1. The number of urea groups is 1. The summed E-state index contributed by atoms with van der Waals surface area (Å²) in [5, 5.41) is 19.8. The number of nitrogens with zero attached hydrogens (tertiary/aromatic N) is 6. The number of piperazine rings is 1. The molecule has 2 N–H and O–H groups in total. The lowest BCUT2D eigenvalue weighted by Crippen LogP contribution is -2.55. The molecule has 3 aliphatic heterocycles. The number of aliphatic hydroxyl groups is 1. The molecule has 2 aromatic rings. The standard InChI is InChI=1S/C28H43N7O3/c1-19(2)35-25-8-6-5-7-24(25)26(30-35)27(37)29-20-15-21-9-10-22(16-20)34(21)18-23(36)17-32-11-13-33(14-12-32)28(38)31(3)4/h5-8,19-23,36H,9-18H2,1-4H3,(H,29,37)/t20-,21-,22+,23?. The number of rotatable bonds is 7. The van der Waals surface area contributed by atoms with Crippen LogP contribution < -0.4 is 5.32 Å². The van der Waals surface area contributed by atoms with Crippen molar-refractivity contribution >= 4 is 22.8 Å². The van der Waals surface area contributed by atoms with Crippen molar-refractivity contribution in [3.63, 3.8) is 0 Å². The van der Waals surface area contributed by atoms with Gasteiger partial charge in [0.25, 0.3) is 5.91 Å². The zero-order valence-corrected chi connectivity index (χ0v) is 23.2. The summed E-state index contributed by atoms with van der Waals surface area (Å²) in [4.78, 5) is 33.7. The predicted molar refractivity (Wildman–Crippen MR) is 147 cm³/mol. The summed E-state index contributed by atoms with van der Waals surface area (Å²) < 4.78 is 1.93. The van der Waals surface area contributed by atoms with Crippen LogP contribution in [0.25, 0.3) is 10.9 Å². The predicted octanol–water partition coefficient (Wildman–Crippen LogP) is 2.00. The normalized spacial score (nSPS) is 25.2. The number of fused-ring (bicyclic) bond motifs is 3. The number of hydrogen-bond donors (Lipinski definition) is 2. The summed E-state index contributed by atoms with van der Waals surface area (Å²) in [5.74, 6) is -0.0922. The fourth-order valence-corrected chi connectivity index (χ4v) is 6.60. The largest absolute Gasteiger partial charge is 0.390 e. The van der Waals surface area contributed by atoms with Crippen LogP contribution in [-0.4, -0.2) is 124 Å². The highest BCUT2D eigenvalue weighted by Gasteiger charge is 2.42. The van der Waals surface area contributed by atoms with Crippen molar-refractivity contribution in [2.24, 2.45) is 0 Å². The van der Waals surface area contributed by atoms with Crippen LogP contribution in [0.15, 0.2) is 24.3 Å². The molecule has 4 atom stereocenters. The van der Waals surface area contributed by atoms with Crippen LogP contribution >= 0.6 is 0 Å². The Labute approximate surface area is 225 Å². The molecule has 2 bridgehead atoms. The van der Waals surface area contributed by atoms with Gasteiger partial charge in [-0.3, -0.25) is 19.3 Å². The Balaban J connectivity index is 1.13. The minimum Gasteiger partial charge on any atom is -0.390 e. The van der Waals surface area contributed by atoms with Crippen molar-refractivity contribution < 1.29 is 14.7 Å². The number of amides is 3. The maximum Gasteiger partial charge on any atom is 0.319 e. The smallest absolute Gasteiger partial charge is 0.319 e. The molecule has 5 rings (SSSR count). The molecule has 3 aliphatic rings. The van der Waals surface area contributed by atoms with E-state index in [4.69, 9.17) is 0 Å². The maximum absolute atomic E-state index is 13.3. The van der Waals surface area contributed by atoms with Crippen LogP contribution in [0.2, 0.25) is 0 Å². The van der Waals surface area contributed by atoms with Gasteiger partial charge in [0, 0.05) is 82.9 Å². The Morgan fingerprint density at radius 2 is 1.71 bits per heavy atom. The van der Waals surface area contributed by atoms with Gasteiger partial charge >= 0.3 is 6.03 Å². The Bertz CT molecular complexity index is 1130. The van der Waals surface area contributed by atoms with Crippen molar-refractivity contribution in [1.29, 1.82) is 0 Å². The monoisotopic (exact) mass is 525 g/mol. The van der Waals surface area contributed by atoms with Crippen LogP contribution in [-0.2, 0) is 0 Å². The molecule has 38 heavy (non-hydrogen) atoms. The number of hydrogen-bond acceptors (Lipinski definition) is 6. The Kier molecular flexibility index (Phi) is 7.93. The molecule has 3 saturated heterocycles. The summed E-state index contributed by atoms with van der Waals surface area (Å²) in [6.45, 7) is 8.43. The lowest BCUT2D eigenvalue weighted by atomic mass is 9.96. The summed E-state index contributed by atoms with van der Waals surface area (Å²) in [7, 11) is 3.56. The highest BCUT2D eigenvalue weighted by atomic mass is 16.3. The third-order valence-electron chi connectivity index (χ3n) is 8.45. The van der Waals surface area contributed by atoms with E-state index in [0.717, 1.165) is 49.7 Å². The molecular weight excluding hydrogens is 482 g/mol. The van der Waals surface area contributed by atoms with E-state index in [1.54, 1.807) is 19.0 Å². The SMILES string of the molecule is CC(C)n1nc(C(=O)N[C@@H]2C[C@H]3CC[C@@H](C2)N3CC(O)CN2CCN(C(=O)N(C)C)CC2)c2ccccc21. The summed E-state index contributed by atoms with van der Waals surface area (Å²) in [5.41, 5.74) is 1.49. The van der Waals surface area contributed by atoms with Gasteiger partial charge in [0.2, 0.25) is 0 Å². The van der Waals surface area contributed by atoms with E-state index in [0.29, 0.717) is 44.0 Å². The van der Waals surface area contributed by atoms with Crippen LogP contribution in [0, 0.1) is 0 Å². The van der Waals surface area contributed by atoms with Crippen LogP contribution in [0.5, 0.6) is 0 Å². The van der Waals surface area contributed by atoms with E-state index < -0.39 is 6.10 Å². The first-order chi connectivity index (χ1) is 18.2. The second-order valence-corrected chi connectivity index (χ2v) is 11.7. The van der Waals surface area contributed by atoms with Crippen LogP contribution in [0.4, 0.5) is 4.79 Å². The van der Waals surface area contributed by atoms with E-state index in [1.807, 2.05) is 33.8 Å². The molecule has 10 heteroatoms. The number of β-amino-alcohol motifs (C(OH)–C–C–N with tert-alkyl or cyclic N) is 1. The molecule has 0 saturated carbocycles. The van der Waals surface area contributed by atoms with Gasteiger partial charge in [-0.15, -0.1) is 0 Å². The molecular formula is C28H43N7O3. The number of piperidine rings is 1. The van der Waals surface area contributed by atoms with Gasteiger partial charge in [-0.25, -0.2) is 4.79 Å². The zero-order valence-electron chi connectivity index (χ0n) is 23.2. The van der Waals surface area contributed by atoms with Crippen molar-refractivity contribution in [2.75, 3.05) is 53.4 Å². The van der Waals surface area contributed by atoms with E-state index in [-0.39, 0.29) is 24.0 Å². The summed E-state index contributed by atoms with van der Waals surface area (Å²) >= 11 is 0. The van der Waals surface area contributed by atoms with Crippen LogP contribution in [0.1, 0.15) is 56.1 Å². The first-order valence-electron chi connectivity index (χ1n) is 14.1. The fraction of sp³-hybridized carbons (Fsp3) is 0.679. The number of carbonyl (C=O) groups excluding carboxylic acids is 2. The van der Waals surface area contributed by atoms with E-state index in [2.05, 4.69) is 34.1 Å². The van der Waals surface area contributed by atoms with Gasteiger partial charge in [0.05, 0.1) is 11.6 Å². The Morgan fingerprint density at radius 1 is 1.05 bits per heavy atom. The number of nitrogens with one attached hydrogen (secondary N) is 1. The highest BCUT2D eigenvalue weighted by molar-refractivity contribution is 6.05. The molecule has 0 spiro atoms. The average molecular weight is 526 g/mol. The maximum atomic E-state index is 13.3. The average Bonchev–Trinajstić information content (AvgIpc) is 3.38. The van der Waals surface area contributed by atoms with Crippen molar-refractivity contribution in [1.82, 2.24) is 34.7 Å². The van der Waals surface area contributed by atoms with Crippen molar-refractivity contribution in [3.05, 3.63) is 30.0 Å². The lowest BCUT2D eigenvalue weighted by molar-refractivity contribution is 0.0244. The third kappa shape index (κ3) is 5.53. The molecule has 0 radical (unpaired) electrons. The molecule has 4 heterocycles. The third-order valence-corrected chi connectivity index (χ3v) is 8.45. The molecule has 3 fully saturated rings. The molecule has 1 aromatic heterocycles. The quantitative estimate of drug-likeness (QED) is 0.574. The van der Waals surface area contributed by atoms with Gasteiger partial charge in [-0.2, -0.15) is 5.10 Å². The van der Waals surface area contributed by atoms with Gasteiger partial charge in [0.15, 0.2) is 5.69 Å². The van der Waals surface area contributed by atoms with Crippen molar-refractivity contribution in [2.45, 2.75) is 69.8 Å². The van der Waals surface area contributed by atoms with E-state index in [9.17, 15) is 14.7 Å². The van der Waals surface area contributed by atoms with Gasteiger partial charge in [-0.05, 0) is 45.6 Å². The second kappa shape index (κ2) is 11.2. The number of carbonyl (C=O) groups is 2. The Morgan fingerprint density at radius 3 is 2.34 bits per heavy atom. The Hall–Kier alpha value is -2.69. The molecule has 0 aliphatic carbocycles.